The summed E-state index contributed by atoms with van der Waals surface area (Å²) in [6.07, 6.45) is 4.39. The number of halogens is 2. The minimum absolute atomic E-state index is 0.0846. The zero-order valence-corrected chi connectivity index (χ0v) is 13.5. The van der Waals surface area contributed by atoms with Crippen molar-refractivity contribution in [2.45, 2.75) is 37.8 Å². The molecule has 0 radical (unpaired) electrons. The largest absolute Gasteiger partial charge is 0.393 e. The Hall–Kier alpha value is -0.730. The maximum atomic E-state index is 12.6. The van der Waals surface area contributed by atoms with Crippen LogP contribution in [0.25, 0.3) is 10.9 Å². The van der Waals surface area contributed by atoms with Gasteiger partial charge >= 0.3 is 0 Å². The van der Waals surface area contributed by atoms with Crippen molar-refractivity contribution in [2.24, 2.45) is 0 Å². The molecule has 1 aliphatic rings. The van der Waals surface area contributed by atoms with Gasteiger partial charge in [0.2, 0.25) is 0 Å². The Morgan fingerprint density at radius 2 is 2.05 bits per heavy atom. The number of hydrogen-bond donors (Lipinski definition) is 1. The molecular formula is C13H13ClIN3O2. The Kier molecular flexibility index (Phi) is 3.96. The number of aliphatic hydroxyl groups excluding tert-OH is 1. The molecule has 2 heterocycles. The van der Waals surface area contributed by atoms with E-state index < -0.39 is 0 Å². The molecule has 1 N–H and O–H groups in total. The first-order chi connectivity index (χ1) is 9.56. The van der Waals surface area contributed by atoms with Gasteiger partial charge in [0.25, 0.3) is 5.56 Å². The molecule has 5 nitrogen and oxygen atoms in total. The highest BCUT2D eigenvalue weighted by Gasteiger charge is 2.22. The van der Waals surface area contributed by atoms with Crippen molar-refractivity contribution in [3.63, 3.8) is 0 Å². The van der Waals surface area contributed by atoms with E-state index in [2.05, 4.69) is 9.97 Å². The molecule has 2 aromatic heterocycles. The fourth-order valence-electron chi connectivity index (χ4n) is 2.67. The zero-order chi connectivity index (χ0) is 14.3. The van der Waals surface area contributed by atoms with E-state index in [1.165, 1.54) is 0 Å². The van der Waals surface area contributed by atoms with Crippen LogP contribution in [-0.4, -0.2) is 25.7 Å². The smallest absolute Gasteiger partial charge is 0.261 e. The molecule has 0 saturated heterocycles. The number of rotatable bonds is 1. The molecule has 1 fully saturated rings. The molecule has 0 unspecified atom stereocenters. The summed E-state index contributed by atoms with van der Waals surface area (Å²) in [5.41, 5.74) is 0.505. The first-order valence-corrected chi connectivity index (χ1v) is 7.93. The average molecular weight is 406 g/mol. The molecule has 0 aliphatic heterocycles. The summed E-state index contributed by atoms with van der Waals surface area (Å²) in [5.74, 6) is 0. The Morgan fingerprint density at radius 3 is 2.75 bits per heavy atom. The number of nitrogens with zero attached hydrogens (tertiary/aromatic N) is 3. The van der Waals surface area contributed by atoms with Crippen LogP contribution >= 0.6 is 34.2 Å². The van der Waals surface area contributed by atoms with Gasteiger partial charge in [0.15, 0.2) is 0 Å². The summed E-state index contributed by atoms with van der Waals surface area (Å²) < 4.78 is 2.30. The molecule has 0 atom stereocenters. The minimum Gasteiger partial charge on any atom is -0.393 e. The highest BCUT2D eigenvalue weighted by atomic mass is 127. The van der Waals surface area contributed by atoms with Crippen molar-refractivity contribution < 1.29 is 5.11 Å². The highest BCUT2D eigenvalue weighted by Crippen LogP contribution is 2.28. The summed E-state index contributed by atoms with van der Waals surface area (Å²) in [7, 11) is 0. The summed E-state index contributed by atoms with van der Waals surface area (Å²) in [4.78, 5) is 21.0. The van der Waals surface area contributed by atoms with Crippen LogP contribution < -0.4 is 5.56 Å². The van der Waals surface area contributed by atoms with Crippen molar-refractivity contribution in [1.82, 2.24) is 14.5 Å². The van der Waals surface area contributed by atoms with Crippen LogP contribution in [0.3, 0.4) is 0 Å². The number of fused-ring (bicyclic) bond motifs is 1. The van der Waals surface area contributed by atoms with E-state index in [-0.39, 0.29) is 17.7 Å². The molecule has 2 aromatic rings. The van der Waals surface area contributed by atoms with Crippen LogP contribution in [0.2, 0.25) is 5.15 Å². The molecule has 0 amide bonds. The van der Waals surface area contributed by atoms with Crippen LogP contribution in [0.4, 0.5) is 0 Å². The highest BCUT2D eigenvalue weighted by molar-refractivity contribution is 14.1. The molecule has 106 valence electrons. The predicted molar refractivity (Wildman–Crippen MR) is 85.0 cm³/mol. The van der Waals surface area contributed by atoms with Gasteiger partial charge in [0.05, 0.1) is 17.8 Å². The van der Waals surface area contributed by atoms with Gasteiger partial charge in [-0.05, 0) is 54.3 Å². The standard InChI is InChI=1S/C13H13ClIN3O2/c14-10-5-9-11(12(15)17-10)16-6-18(13(9)20)7-1-3-8(19)4-2-7/h5-8,19H,1-4H2. The second-order valence-electron chi connectivity index (χ2n) is 5.05. The van der Waals surface area contributed by atoms with Crippen molar-refractivity contribution in [2.75, 3.05) is 0 Å². The molecular weight excluding hydrogens is 393 g/mol. The van der Waals surface area contributed by atoms with Gasteiger partial charge in [-0.2, -0.15) is 0 Å². The lowest BCUT2D eigenvalue weighted by Gasteiger charge is -2.26. The Labute approximate surface area is 134 Å². The van der Waals surface area contributed by atoms with E-state index in [4.69, 9.17) is 11.6 Å². The molecule has 3 rings (SSSR count). The maximum absolute atomic E-state index is 12.6. The first kappa shape index (κ1) is 14.2. The number of pyridine rings is 1. The summed E-state index contributed by atoms with van der Waals surface area (Å²) >= 11 is 7.96. The van der Waals surface area contributed by atoms with E-state index in [1.807, 2.05) is 22.6 Å². The van der Waals surface area contributed by atoms with Crippen LogP contribution in [-0.2, 0) is 0 Å². The van der Waals surface area contributed by atoms with Crippen LogP contribution in [0.15, 0.2) is 17.2 Å². The topological polar surface area (TPSA) is 68.0 Å². The monoisotopic (exact) mass is 405 g/mol. The Balaban J connectivity index is 2.09. The molecule has 1 aliphatic carbocycles. The number of aromatic nitrogens is 3. The lowest BCUT2D eigenvalue weighted by atomic mass is 9.93. The minimum atomic E-state index is -0.241. The Morgan fingerprint density at radius 1 is 1.35 bits per heavy atom. The van der Waals surface area contributed by atoms with Gasteiger partial charge in [-0.15, -0.1) is 0 Å². The van der Waals surface area contributed by atoms with Gasteiger partial charge in [0, 0.05) is 6.04 Å². The van der Waals surface area contributed by atoms with Crippen LogP contribution in [0.5, 0.6) is 0 Å². The fourth-order valence-corrected chi connectivity index (χ4v) is 3.70. The van der Waals surface area contributed by atoms with E-state index in [1.54, 1.807) is 17.0 Å². The normalized spacial score (nSPS) is 23.1. The van der Waals surface area contributed by atoms with Gasteiger partial charge in [-0.3, -0.25) is 9.36 Å². The van der Waals surface area contributed by atoms with Crippen LogP contribution in [0.1, 0.15) is 31.7 Å². The second-order valence-corrected chi connectivity index (χ2v) is 6.46. The van der Waals surface area contributed by atoms with Crippen molar-refractivity contribution in [1.29, 1.82) is 0 Å². The molecule has 0 spiro atoms. The summed E-state index contributed by atoms with van der Waals surface area (Å²) in [6.45, 7) is 0. The quantitative estimate of drug-likeness (QED) is 0.585. The number of aliphatic hydroxyl groups is 1. The van der Waals surface area contributed by atoms with Crippen molar-refractivity contribution >= 4 is 45.1 Å². The SMILES string of the molecule is O=c1c2cc(Cl)nc(I)c2ncn1C1CCC(O)CC1. The third-order valence-corrected chi connectivity index (χ3v) is 4.70. The van der Waals surface area contributed by atoms with Gasteiger partial charge in [-0.25, -0.2) is 9.97 Å². The molecule has 0 bridgehead atoms. The average Bonchev–Trinajstić information content (AvgIpc) is 2.41. The van der Waals surface area contributed by atoms with E-state index in [9.17, 15) is 9.90 Å². The lowest BCUT2D eigenvalue weighted by molar-refractivity contribution is 0.110. The van der Waals surface area contributed by atoms with Crippen molar-refractivity contribution in [3.05, 3.63) is 31.6 Å². The van der Waals surface area contributed by atoms with Crippen LogP contribution in [0, 0.1) is 3.70 Å². The zero-order valence-electron chi connectivity index (χ0n) is 10.6. The molecule has 1 saturated carbocycles. The third kappa shape index (κ3) is 2.56. The maximum Gasteiger partial charge on any atom is 0.261 e. The van der Waals surface area contributed by atoms with E-state index in [0.29, 0.717) is 19.8 Å². The number of hydrogen-bond acceptors (Lipinski definition) is 4. The second kappa shape index (κ2) is 5.57. The van der Waals surface area contributed by atoms with Gasteiger partial charge in [-0.1, -0.05) is 11.6 Å². The summed E-state index contributed by atoms with van der Waals surface area (Å²) in [6, 6.07) is 1.68. The van der Waals surface area contributed by atoms with E-state index in [0.717, 1.165) is 25.7 Å². The Bertz CT molecular complexity index is 711. The van der Waals surface area contributed by atoms with Crippen molar-refractivity contribution in [3.8, 4) is 0 Å². The molecule has 0 aromatic carbocycles. The first-order valence-electron chi connectivity index (χ1n) is 6.47. The molecule has 20 heavy (non-hydrogen) atoms. The molecule has 7 heteroatoms. The lowest BCUT2D eigenvalue weighted by Crippen LogP contribution is -2.29. The van der Waals surface area contributed by atoms with Gasteiger partial charge in [0.1, 0.15) is 14.4 Å². The third-order valence-electron chi connectivity index (χ3n) is 3.75. The predicted octanol–water partition coefficient (Wildman–Crippen LogP) is 2.53. The fraction of sp³-hybridized carbons (Fsp3) is 0.462. The van der Waals surface area contributed by atoms with E-state index >= 15 is 0 Å². The summed E-state index contributed by atoms with van der Waals surface area (Å²) in [5, 5.41) is 10.4. The van der Waals surface area contributed by atoms with Gasteiger partial charge < -0.3 is 5.11 Å².